The van der Waals surface area contributed by atoms with Crippen molar-refractivity contribution < 1.29 is 9.53 Å². The summed E-state index contributed by atoms with van der Waals surface area (Å²) in [5.74, 6) is 1.18. The number of halogens is 1. The summed E-state index contributed by atoms with van der Waals surface area (Å²) < 4.78 is 6.16. The fourth-order valence-corrected chi connectivity index (χ4v) is 6.08. The molecule has 5 nitrogen and oxygen atoms in total. The van der Waals surface area contributed by atoms with Crippen molar-refractivity contribution in [3.8, 4) is 11.8 Å². The molecule has 166 valence electrons. The molecule has 1 amide bonds. The Labute approximate surface area is 201 Å². The number of hydrogen-bond acceptors (Lipinski definition) is 5. The number of nitrogens with one attached hydrogen (secondary N) is 1. The first kappa shape index (κ1) is 22.8. The van der Waals surface area contributed by atoms with Gasteiger partial charge in [-0.25, -0.2) is 0 Å². The number of para-hydroxylation sites is 1. The van der Waals surface area contributed by atoms with Crippen LogP contribution in [0.5, 0.6) is 5.75 Å². The predicted molar refractivity (Wildman–Crippen MR) is 133 cm³/mol. The number of anilines is 1. The van der Waals surface area contributed by atoms with Crippen molar-refractivity contribution in [1.82, 2.24) is 4.90 Å². The number of thioether (sulfide) groups is 1. The number of rotatable bonds is 6. The Bertz CT molecular complexity index is 1040. The highest BCUT2D eigenvalue weighted by atomic mass is 79.9. The van der Waals surface area contributed by atoms with Crippen LogP contribution in [-0.2, 0) is 4.79 Å². The third-order valence-corrected chi connectivity index (χ3v) is 7.70. The molecule has 32 heavy (non-hydrogen) atoms. The maximum absolute atomic E-state index is 13.6. The van der Waals surface area contributed by atoms with E-state index >= 15 is 0 Å². The van der Waals surface area contributed by atoms with Crippen LogP contribution in [0, 0.1) is 17.2 Å². The Morgan fingerprint density at radius 1 is 1.25 bits per heavy atom. The largest absolute Gasteiger partial charge is 0.478 e. The van der Waals surface area contributed by atoms with Gasteiger partial charge in [0.1, 0.15) is 11.8 Å². The van der Waals surface area contributed by atoms with Gasteiger partial charge in [-0.1, -0.05) is 55.8 Å². The molecule has 1 aliphatic heterocycles. The van der Waals surface area contributed by atoms with Crippen LogP contribution in [0.2, 0.25) is 0 Å². The molecule has 4 rings (SSSR count). The second-order valence-corrected chi connectivity index (χ2v) is 10.1. The summed E-state index contributed by atoms with van der Waals surface area (Å²) in [6, 6.07) is 17.9. The molecular formula is C25H26BrN3O2S. The predicted octanol–water partition coefficient (Wildman–Crippen LogP) is 6.24. The van der Waals surface area contributed by atoms with Crippen molar-refractivity contribution >= 4 is 45.4 Å². The molecule has 1 saturated carbocycles. The van der Waals surface area contributed by atoms with Gasteiger partial charge in [-0.2, -0.15) is 5.26 Å². The van der Waals surface area contributed by atoms with Crippen LogP contribution < -0.4 is 10.1 Å². The fraction of sp³-hybridized carbons (Fsp3) is 0.360. The molecule has 2 aliphatic rings. The molecule has 0 aromatic heterocycles. The van der Waals surface area contributed by atoms with Gasteiger partial charge in [0.2, 0.25) is 0 Å². The van der Waals surface area contributed by atoms with Crippen molar-refractivity contribution in [3.05, 3.63) is 63.5 Å². The minimum Gasteiger partial charge on any atom is -0.478 e. The maximum Gasteiger partial charge on any atom is 0.262 e. The Kier molecular flexibility index (Phi) is 7.44. The second kappa shape index (κ2) is 10.5. The average molecular weight is 512 g/mol. The molecule has 0 radical (unpaired) electrons. The SMILES string of the molecule is C[C@H]1CCCC[C@@H]1N1C(=O)/C(=C/c2ccc(OCC#N)c(Br)c2)SC1Nc1ccccc1. The van der Waals surface area contributed by atoms with Gasteiger partial charge < -0.3 is 15.0 Å². The van der Waals surface area contributed by atoms with Gasteiger partial charge in [0, 0.05) is 11.7 Å². The van der Waals surface area contributed by atoms with Gasteiger partial charge in [0.15, 0.2) is 12.1 Å². The highest BCUT2D eigenvalue weighted by Crippen LogP contribution is 2.42. The van der Waals surface area contributed by atoms with Crippen molar-refractivity contribution in [2.45, 2.75) is 44.1 Å². The van der Waals surface area contributed by atoms with E-state index in [0.717, 1.165) is 39.9 Å². The first-order valence-electron chi connectivity index (χ1n) is 10.9. The smallest absolute Gasteiger partial charge is 0.262 e. The van der Waals surface area contributed by atoms with Gasteiger partial charge in [-0.3, -0.25) is 4.79 Å². The summed E-state index contributed by atoms with van der Waals surface area (Å²) >= 11 is 5.08. The number of nitriles is 1. The molecule has 1 heterocycles. The van der Waals surface area contributed by atoms with Crippen molar-refractivity contribution in [2.24, 2.45) is 5.92 Å². The van der Waals surface area contributed by atoms with E-state index < -0.39 is 0 Å². The number of ether oxygens (including phenoxy) is 1. The lowest BCUT2D eigenvalue weighted by molar-refractivity contribution is -0.129. The van der Waals surface area contributed by atoms with Crippen LogP contribution in [0.15, 0.2) is 57.9 Å². The third kappa shape index (κ3) is 5.13. The van der Waals surface area contributed by atoms with Gasteiger partial charge in [-0.05, 0) is 70.6 Å². The minimum absolute atomic E-state index is 0.00522. The zero-order valence-electron chi connectivity index (χ0n) is 18.0. The Morgan fingerprint density at radius 2 is 2.03 bits per heavy atom. The van der Waals surface area contributed by atoms with E-state index in [1.807, 2.05) is 60.7 Å². The van der Waals surface area contributed by atoms with E-state index in [1.54, 1.807) is 11.8 Å². The van der Waals surface area contributed by atoms with Crippen LogP contribution in [-0.4, -0.2) is 29.0 Å². The number of nitrogens with zero attached hydrogens (tertiary/aromatic N) is 2. The van der Waals surface area contributed by atoms with Gasteiger partial charge in [0.05, 0.1) is 9.38 Å². The van der Waals surface area contributed by atoms with E-state index in [9.17, 15) is 4.79 Å². The van der Waals surface area contributed by atoms with Gasteiger partial charge in [0.25, 0.3) is 5.91 Å². The van der Waals surface area contributed by atoms with E-state index in [0.29, 0.717) is 11.7 Å². The standard InChI is InChI=1S/C25H26BrN3O2S/c1-17-7-5-6-10-21(17)29-24(30)23(32-25(29)28-19-8-3-2-4-9-19)16-18-11-12-22(20(26)15-18)31-14-13-27/h2-4,8-9,11-12,15-17,21,25,28H,5-7,10,14H2,1H3/b23-16-/t17-,21-,25?/m0/s1. The highest BCUT2D eigenvalue weighted by Gasteiger charge is 2.42. The van der Waals surface area contributed by atoms with E-state index in [2.05, 4.69) is 33.1 Å². The Hall–Kier alpha value is -2.43. The van der Waals surface area contributed by atoms with E-state index in [-0.39, 0.29) is 24.1 Å². The lowest BCUT2D eigenvalue weighted by Crippen LogP contribution is -2.48. The van der Waals surface area contributed by atoms with Crippen LogP contribution >= 0.6 is 27.7 Å². The molecule has 1 N–H and O–H groups in total. The fourth-order valence-electron chi connectivity index (χ4n) is 4.35. The van der Waals surface area contributed by atoms with E-state index in [4.69, 9.17) is 10.00 Å². The zero-order valence-corrected chi connectivity index (χ0v) is 20.4. The first-order chi connectivity index (χ1) is 15.6. The van der Waals surface area contributed by atoms with E-state index in [1.165, 1.54) is 6.42 Å². The van der Waals surface area contributed by atoms with Gasteiger partial charge in [-0.15, -0.1) is 0 Å². The molecule has 2 aromatic carbocycles. The van der Waals surface area contributed by atoms with Crippen LogP contribution in [0.1, 0.15) is 38.2 Å². The van der Waals surface area contributed by atoms with Crippen molar-refractivity contribution in [2.75, 3.05) is 11.9 Å². The summed E-state index contributed by atoms with van der Waals surface area (Å²) in [6.07, 6.45) is 6.55. The molecule has 1 aliphatic carbocycles. The molecule has 3 atom stereocenters. The number of hydrogen-bond donors (Lipinski definition) is 1. The van der Waals surface area contributed by atoms with Crippen LogP contribution in [0.25, 0.3) is 6.08 Å². The molecule has 1 saturated heterocycles. The minimum atomic E-state index is -0.136. The number of carbonyl (C=O) groups is 1. The topological polar surface area (TPSA) is 65.4 Å². The average Bonchev–Trinajstić information content (AvgIpc) is 3.08. The van der Waals surface area contributed by atoms with Gasteiger partial charge >= 0.3 is 0 Å². The molecule has 7 heteroatoms. The van der Waals surface area contributed by atoms with Crippen LogP contribution in [0.3, 0.4) is 0 Å². The summed E-state index contributed by atoms with van der Waals surface area (Å²) in [5.41, 5.74) is 1.78. The molecule has 1 unspecified atom stereocenters. The lowest BCUT2D eigenvalue weighted by atomic mass is 9.85. The molecule has 2 aromatic rings. The maximum atomic E-state index is 13.6. The highest BCUT2D eigenvalue weighted by molar-refractivity contribution is 9.10. The second-order valence-electron chi connectivity index (χ2n) is 8.17. The normalized spacial score (nSPS) is 24.4. The summed E-state index contributed by atoms with van der Waals surface area (Å²) in [4.78, 5) is 16.4. The number of amides is 1. The summed E-state index contributed by atoms with van der Waals surface area (Å²) in [7, 11) is 0. The quantitative estimate of drug-likeness (QED) is 0.464. The lowest BCUT2D eigenvalue weighted by Gasteiger charge is -2.39. The molecule has 2 fully saturated rings. The Balaban J connectivity index is 1.61. The van der Waals surface area contributed by atoms with Crippen LogP contribution in [0.4, 0.5) is 5.69 Å². The first-order valence-corrected chi connectivity index (χ1v) is 12.6. The molecular weight excluding hydrogens is 486 g/mol. The van der Waals surface area contributed by atoms with Crippen molar-refractivity contribution in [3.63, 3.8) is 0 Å². The monoisotopic (exact) mass is 511 g/mol. The molecule has 0 bridgehead atoms. The third-order valence-electron chi connectivity index (χ3n) is 5.97. The van der Waals surface area contributed by atoms with Crippen molar-refractivity contribution in [1.29, 1.82) is 5.26 Å². The number of benzene rings is 2. The Morgan fingerprint density at radius 3 is 2.75 bits per heavy atom. The zero-order chi connectivity index (χ0) is 22.5. The summed E-state index contributed by atoms with van der Waals surface area (Å²) in [5, 5.41) is 12.3. The summed E-state index contributed by atoms with van der Waals surface area (Å²) in [6.45, 7) is 2.26. The molecule has 0 spiro atoms. The number of carbonyl (C=O) groups excluding carboxylic acids is 1.